The van der Waals surface area contributed by atoms with Crippen molar-refractivity contribution < 1.29 is 17.9 Å². The molecule has 0 unspecified atom stereocenters. The molecule has 8 heteroatoms. The first-order valence-electron chi connectivity index (χ1n) is 4.97. The van der Waals surface area contributed by atoms with Gasteiger partial charge < -0.3 is 4.74 Å². The van der Waals surface area contributed by atoms with Crippen molar-refractivity contribution in [2.45, 2.75) is 20.3 Å². The average Bonchev–Trinajstić information content (AvgIpc) is 2.58. The molecule has 0 aromatic carbocycles. The van der Waals surface area contributed by atoms with Crippen molar-refractivity contribution in [3.05, 3.63) is 16.5 Å². The van der Waals surface area contributed by atoms with Gasteiger partial charge in [-0.1, -0.05) is 6.92 Å². The van der Waals surface area contributed by atoms with Gasteiger partial charge in [0.15, 0.2) is 0 Å². The summed E-state index contributed by atoms with van der Waals surface area (Å²) in [6.45, 7) is 3.81. The molecule has 0 saturated heterocycles. The lowest BCUT2D eigenvalue weighted by Gasteiger charge is -2.04. The number of thiophene rings is 1. The van der Waals surface area contributed by atoms with Crippen molar-refractivity contribution in [2.24, 2.45) is 5.14 Å². The lowest BCUT2D eigenvalue weighted by atomic mass is 10.2. The molecule has 0 fully saturated rings. The standard InChI is InChI=1S/C9H14N2O4S2/c1-3-6-5-7(9(12)15-4-2)8(16-6)11-17(10,13)14/h5,11H,3-4H2,1-2H3,(H2,10,13,14). The van der Waals surface area contributed by atoms with Crippen LogP contribution >= 0.6 is 11.3 Å². The second kappa shape index (κ2) is 5.48. The number of hydrogen-bond acceptors (Lipinski definition) is 5. The maximum Gasteiger partial charge on any atom is 0.341 e. The van der Waals surface area contributed by atoms with E-state index in [0.29, 0.717) is 6.42 Å². The van der Waals surface area contributed by atoms with Crippen LogP contribution in [-0.4, -0.2) is 21.0 Å². The van der Waals surface area contributed by atoms with E-state index in [1.54, 1.807) is 13.0 Å². The first-order chi connectivity index (χ1) is 7.87. The molecule has 0 amide bonds. The molecule has 0 radical (unpaired) electrons. The van der Waals surface area contributed by atoms with Crippen LogP contribution in [0, 0.1) is 0 Å². The average molecular weight is 278 g/mol. The molecule has 1 aromatic heterocycles. The van der Waals surface area contributed by atoms with Crippen molar-refractivity contribution in [1.82, 2.24) is 0 Å². The van der Waals surface area contributed by atoms with Gasteiger partial charge in [0.2, 0.25) is 0 Å². The molecule has 0 aliphatic rings. The molecule has 1 heterocycles. The minimum Gasteiger partial charge on any atom is -0.462 e. The number of aryl methyl sites for hydroxylation is 1. The Hall–Kier alpha value is -1.12. The van der Waals surface area contributed by atoms with Gasteiger partial charge in [0.1, 0.15) is 5.00 Å². The number of carbonyl (C=O) groups excluding carboxylic acids is 1. The lowest BCUT2D eigenvalue weighted by Crippen LogP contribution is -2.22. The van der Waals surface area contributed by atoms with Crippen LogP contribution in [0.15, 0.2) is 6.07 Å². The van der Waals surface area contributed by atoms with E-state index in [9.17, 15) is 13.2 Å². The topological polar surface area (TPSA) is 98.5 Å². The summed E-state index contributed by atoms with van der Waals surface area (Å²) < 4.78 is 28.8. The minimum atomic E-state index is -3.89. The predicted octanol–water partition coefficient (Wildman–Crippen LogP) is 1.10. The third kappa shape index (κ3) is 3.99. The summed E-state index contributed by atoms with van der Waals surface area (Å²) in [5.74, 6) is -0.561. The number of nitrogens with one attached hydrogen (secondary N) is 1. The van der Waals surface area contributed by atoms with E-state index >= 15 is 0 Å². The molecule has 0 aliphatic heterocycles. The van der Waals surface area contributed by atoms with E-state index in [-0.39, 0.29) is 17.2 Å². The van der Waals surface area contributed by atoms with Crippen LogP contribution < -0.4 is 9.86 Å². The van der Waals surface area contributed by atoms with Crippen LogP contribution in [0.1, 0.15) is 29.1 Å². The fraction of sp³-hybridized carbons (Fsp3) is 0.444. The third-order valence-corrected chi connectivity index (χ3v) is 3.67. The highest BCUT2D eigenvalue weighted by molar-refractivity contribution is 7.90. The van der Waals surface area contributed by atoms with Gasteiger partial charge in [0.25, 0.3) is 10.2 Å². The SMILES string of the molecule is CCOC(=O)c1cc(CC)sc1NS(N)(=O)=O. The number of ether oxygens (including phenoxy) is 1. The summed E-state index contributed by atoms with van der Waals surface area (Å²) in [5.41, 5.74) is 0.197. The van der Waals surface area contributed by atoms with Crippen LogP contribution in [-0.2, 0) is 21.4 Å². The Bertz CT molecular complexity index is 507. The molecule has 0 spiro atoms. The number of nitrogens with two attached hydrogens (primary N) is 1. The molecule has 17 heavy (non-hydrogen) atoms. The Morgan fingerprint density at radius 3 is 2.65 bits per heavy atom. The zero-order chi connectivity index (χ0) is 13.1. The predicted molar refractivity (Wildman–Crippen MR) is 66.4 cm³/mol. The zero-order valence-electron chi connectivity index (χ0n) is 9.52. The largest absolute Gasteiger partial charge is 0.462 e. The number of carbonyl (C=O) groups is 1. The number of rotatable bonds is 5. The smallest absolute Gasteiger partial charge is 0.341 e. The van der Waals surface area contributed by atoms with Crippen molar-refractivity contribution in [3.63, 3.8) is 0 Å². The molecule has 0 atom stereocenters. The van der Waals surface area contributed by atoms with Gasteiger partial charge in [0, 0.05) is 4.88 Å². The molecule has 1 aromatic rings. The molecule has 0 bridgehead atoms. The summed E-state index contributed by atoms with van der Waals surface area (Å²) in [7, 11) is -3.89. The van der Waals surface area contributed by atoms with Gasteiger partial charge in [-0.15, -0.1) is 11.3 Å². The van der Waals surface area contributed by atoms with Crippen molar-refractivity contribution in [3.8, 4) is 0 Å². The molecule has 6 nitrogen and oxygen atoms in total. The fourth-order valence-electron chi connectivity index (χ4n) is 1.18. The van der Waals surface area contributed by atoms with E-state index in [0.717, 1.165) is 4.88 Å². The Labute approximate surface area is 104 Å². The Kier molecular flexibility index (Phi) is 4.49. The quantitative estimate of drug-likeness (QED) is 0.788. The first kappa shape index (κ1) is 13.9. The monoisotopic (exact) mass is 278 g/mol. The molecular formula is C9H14N2O4S2. The maximum atomic E-state index is 11.6. The van der Waals surface area contributed by atoms with E-state index in [1.807, 2.05) is 6.92 Å². The number of anilines is 1. The Morgan fingerprint density at radius 1 is 1.53 bits per heavy atom. The van der Waals surface area contributed by atoms with Crippen molar-refractivity contribution >= 4 is 32.5 Å². The Balaban J connectivity index is 3.10. The molecule has 1 rings (SSSR count). The van der Waals surface area contributed by atoms with Crippen LogP contribution in [0.25, 0.3) is 0 Å². The minimum absolute atomic E-state index is 0.197. The van der Waals surface area contributed by atoms with Crippen molar-refractivity contribution in [2.75, 3.05) is 11.3 Å². The normalized spacial score (nSPS) is 11.2. The van der Waals surface area contributed by atoms with Gasteiger partial charge in [-0.3, -0.25) is 4.72 Å². The van der Waals surface area contributed by atoms with Gasteiger partial charge in [-0.2, -0.15) is 8.42 Å². The molecule has 0 aliphatic carbocycles. The highest BCUT2D eigenvalue weighted by atomic mass is 32.2. The van der Waals surface area contributed by atoms with E-state index < -0.39 is 16.2 Å². The summed E-state index contributed by atoms with van der Waals surface area (Å²) in [6, 6.07) is 1.61. The Morgan fingerprint density at radius 2 is 2.18 bits per heavy atom. The van der Waals surface area contributed by atoms with E-state index in [4.69, 9.17) is 9.88 Å². The van der Waals surface area contributed by atoms with Crippen LogP contribution in [0.2, 0.25) is 0 Å². The van der Waals surface area contributed by atoms with E-state index in [2.05, 4.69) is 4.72 Å². The number of esters is 1. The second-order valence-corrected chi connectivity index (χ2v) is 5.61. The second-order valence-electron chi connectivity index (χ2n) is 3.18. The molecular weight excluding hydrogens is 264 g/mol. The van der Waals surface area contributed by atoms with Crippen LogP contribution in [0.5, 0.6) is 0 Å². The molecule has 96 valence electrons. The maximum absolute atomic E-state index is 11.6. The third-order valence-electron chi connectivity index (χ3n) is 1.86. The first-order valence-corrected chi connectivity index (χ1v) is 7.34. The summed E-state index contributed by atoms with van der Waals surface area (Å²) in [4.78, 5) is 12.5. The summed E-state index contributed by atoms with van der Waals surface area (Å²) in [5, 5.41) is 5.07. The fourth-order valence-corrected chi connectivity index (χ4v) is 2.90. The van der Waals surface area contributed by atoms with Crippen LogP contribution in [0.3, 0.4) is 0 Å². The zero-order valence-corrected chi connectivity index (χ0v) is 11.2. The van der Waals surface area contributed by atoms with Gasteiger partial charge in [-0.25, -0.2) is 9.93 Å². The van der Waals surface area contributed by atoms with Gasteiger partial charge >= 0.3 is 5.97 Å². The highest BCUT2D eigenvalue weighted by Crippen LogP contribution is 2.29. The number of hydrogen-bond donors (Lipinski definition) is 2. The van der Waals surface area contributed by atoms with Crippen LogP contribution in [0.4, 0.5) is 5.00 Å². The highest BCUT2D eigenvalue weighted by Gasteiger charge is 2.19. The van der Waals surface area contributed by atoms with Gasteiger partial charge in [-0.05, 0) is 19.4 Å². The molecule has 0 saturated carbocycles. The summed E-state index contributed by atoms with van der Waals surface area (Å²) >= 11 is 1.17. The summed E-state index contributed by atoms with van der Waals surface area (Å²) in [6.07, 6.45) is 0.698. The molecule has 3 N–H and O–H groups in total. The van der Waals surface area contributed by atoms with Gasteiger partial charge in [0.05, 0.1) is 12.2 Å². The van der Waals surface area contributed by atoms with E-state index in [1.165, 1.54) is 11.3 Å². The van der Waals surface area contributed by atoms with Crippen molar-refractivity contribution in [1.29, 1.82) is 0 Å². The lowest BCUT2D eigenvalue weighted by molar-refractivity contribution is 0.0528.